The fourth-order valence-electron chi connectivity index (χ4n) is 1.16. The van der Waals surface area contributed by atoms with Crippen molar-refractivity contribution in [3.05, 3.63) is 0 Å². The van der Waals surface area contributed by atoms with Crippen LogP contribution >= 0.6 is 0 Å². The lowest BCUT2D eigenvalue weighted by molar-refractivity contribution is -0.174. The lowest BCUT2D eigenvalue weighted by atomic mass is 9.97. The zero-order chi connectivity index (χ0) is 13.5. The van der Waals surface area contributed by atoms with E-state index in [1.165, 1.54) is 0 Å². The number of carbonyl (C=O) groups excluding carboxylic acids is 1. The van der Waals surface area contributed by atoms with Crippen molar-refractivity contribution < 1.29 is 22.7 Å². The third-order valence-corrected chi connectivity index (χ3v) is 2.32. The van der Waals surface area contributed by atoms with Crippen molar-refractivity contribution in [2.75, 3.05) is 19.8 Å². The Bertz CT molecular complexity index is 246. The summed E-state index contributed by atoms with van der Waals surface area (Å²) in [6, 6.07) is 0. The van der Waals surface area contributed by atoms with Crippen LogP contribution in [0.2, 0.25) is 0 Å². The lowest BCUT2D eigenvalue weighted by Gasteiger charge is -2.27. The first-order valence-corrected chi connectivity index (χ1v) is 5.40. The van der Waals surface area contributed by atoms with Crippen LogP contribution in [-0.4, -0.2) is 37.4 Å². The molecule has 0 spiro atoms. The van der Waals surface area contributed by atoms with Gasteiger partial charge in [0, 0.05) is 6.61 Å². The van der Waals surface area contributed by atoms with E-state index in [9.17, 15) is 18.0 Å². The first kappa shape index (κ1) is 16.2. The highest BCUT2D eigenvalue weighted by Crippen LogP contribution is 2.16. The summed E-state index contributed by atoms with van der Waals surface area (Å²) < 4.78 is 39.9. The monoisotopic (exact) mass is 256 g/mol. The maximum absolute atomic E-state index is 11.8. The predicted molar refractivity (Wildman–Crippen MR) is 57.4 cm³/mol. The molecule has 3 N–H and O–H groups in total. The van der Waals surface area contributed by atoms with E-state index < -0.39 is 24.2 Å². The van der Waals surface area contributed by atoms with Crippen molar-refractivity contribution in [2.45, 2.75) is 38.4 Å². The molecule has 102 valence electrons. The Morgan fingerprint density at radius 3 is 2.41 bits per heavy atom. The van der Waals surface area contributed by atoms with Gasteiger partial charge in [-0.1, -0.05) is 6.92 Å². The highest BCUT2D eigenvalue weighted by molar-refractivity contribution is 5.84. The fourth-order valence-corrected chi connectivity index (χ4v) is 1.16. The molecular weight excluding hydrogens is 237 g/mol. The van der Waals surface area contributed by atoms with Crippen molar-refractivity contribution in [1.82, 2.24) is 5.32 Å². The van der Waals surface area contributed by atoms with Crippen LogP contribution in [0.4, 0.5) is 13.2 Å². The number of primary amides is 1. The number of rotatable bonds is 8. The van der Waals surface area contributed by atoms with Gasteiger partial charge in [-0.05, 0) is 26.3 Å². The van der Waals surface area contributed by atoms with E-state index in [0.29, 0.717) is 6.54 Å². The minimum atomic E-state index is -4.35. The molecular formula is C10H19F3N2O2. The Kier molecular flexibility index (Phi) is 6.48. The van der Waals surface area contributed by atoms with Gasteiger partial charge in [-0.25, -0.2) is 0 Å². The molecule has 0 aromatic carbocycles. The standard InChI is InChI=1S/C10H19F3N2O2/c1-3-5-15-9(2,8(14)16)4-6-17-7-10(11,12)13/h15H,3-7H2,1-2H3,(H2,14,16). The summed E-state index contributed by atoms with van der Waals surface area (Å²) in [5, 5.41) is 2.91. The summed E-state index contributed by atoms with van der Waals surface area (Å²) >= 11 is 0. The summed E-state index contributed by atoms with van der Waals surface area (Å²) in [6.45, 7) is 2.56. The molecule has 1 amide bonds. The number of halogens is 3. The Morgan fingerprint density at radius 1 is 1.41 bits per heavy atom. The third kappa shape index (κ3) is 7.17. The number of hydrogen-bond donors (Lipinski definition) is 2. The number of amides is 1. The summed E-state index contributed by atoms with van der Waals surface area (Å²) in [7, 11) is 0. The smallest absolute Gasteiger partial charge is 0.372 e. The first-order chi connectivity index (χ1) is 7.71. The lowest BCUT2D eigenvalue weighted by Crippen LogP contribution is -2.54. The van der Waals surface area contributed by atoms with Gasteiger partial charge in [0.1, 0.15) is 6.61 Å². The Hall–Kier alpha value is -0.820. The van der Waals surface area contributed by atoms with E-state index in [0.717, 1.165) is 6.42 Å². The van der Waals surface area contributed by atoms with E-state index in [4.69, 9.17) is 5.73 Å². The molecule has 0 aromatic rings. The molecule has 0 fully saturated rings. The zero-order valence-corrected chi connectivity index (χ0v) is 10.1. The quantitative estimate of drug-likeness (QED) is 0.641. The fraction of sp³-hybridized carbons (Fsp3) is 0.900. The number of alkyl halides is 3. The average molecular weight is 256 g/mol. The van der Waals surface area contributed by atoms with Crippen LogP contribution in [0.15, 0.2) is 0 Å². The number of hydrogen-bond acceptors (Lipinski definition) is 3. The maximum Gasteiger partial charge on any atom is 0.411 e. The molecule has 0 aliphatic heterocycles. The molecule has 0 saturated carbocycles. The van der Waals surface area contributed by atoms with Crippen LogP contribution in [0.1, 0.15) is 26.7 Å². The summed E-state index contributed by atoms with van der Waals surface area (Å²) in [4.78, 5) is 11.2. The number of ether oxygens (including phenoxy) is 1. The third-order valence-electron chi connectivity index (χ3n) is 2.32. The second kappa shape index (κ2) is 6.80. The molecule has 0 aliphatic carbocycles. The van der Waals surface area contributed by atoms with Crippen molar-refractivity contribution in [1.29, 1.82) is 0 Å². The van der Waals surface area contributed by atoms with Crippen LogP contribution in [0.3, 0.4) is 0 Å². The van der Waals surface area contributed by atoms with Crippen LogP contribution in [0.5, 0.6) is 0 Å². The van der Waals surface area contributed by atoms with Gasteiger partial charge in [0.05, 0.1) is 5.54 Å². The van der Waals surface area contributed by atoms with Crippen molar-refractivity contribution in [3.63, 3.8) is 0 Å². The molecule has 0 bridgehead atoms. The van der Waals surface area contributed by atoms with Gasteiger partial charge >= 0.3 is 6.18 Å². The van der Waals surface area contributed by atoms with Crippen LogP contribution < -0.4 is 11.1 Å². The summed E-state index contributed by atoms with van der Waals surface area (Å²) in [5.74, 6) is -0.596. The van der Waals surface area contributed by atoms with Gasteiger partial charge in [0.2, 0.25) is 5.91 Å². The predicted octanol–water partition coefficient (Wildman–Crippen LogP) is 1.20. The molecule has 0 saturated heterocycles. The number of nitrogens with two attached hydrogens (primary N) is 1. The molecule has 0 aromatic heterocycles. The van der Waals surface area contributed by atoms with Crippen molar-refractivity contribution in [3.8, 4) is 0 Å². The minimum Gasteiger partial charge on any atom is -0.372 e. The van der Waals surface area contributed by atoms with Gasteiger partial charge in [0.25, 0.3) is 0 Å². The zero-order valence-electron chi connectivity index (χ0n) is 10.1. The largest absolute Gasteiger partial charge is 0.411 e. The summed E-state index contributed by atoms with van der Waals surface area (Å²) in [5.41, 5.74) is 4.17. The first-order valence-electron chi connectivity index (χ1n) is 5.40. The average Bonchev–Trinajstić information content (AvgIpc) is 2.20. The maximum atomic E-state index is 11.8. The Balaban J connectivity index is 4.05. The van der Waals surface area contributed by atoms with E-state index >= 15 is 0 Å². The molecule has 4 nitrogen and oxygen atoms in total. The normalized spacial score (nSPS) is 15.6. The topological polar surface area (TPSA) is 64.3 Å². The van der Waals surface area contributed by atoms with Gasteiger partial charge < -0.3 is 15.8 Å². The highest BCUT2D eigenvalue weighted by Gasteiger charge is 2.31. The Labute approximate surface area is 98.7 Å². The van der Waals surface area contributed by atoms with Gasteiger partial charge in [-0.15, -0.1) is 0 Å². The van der Waals surface area contributed by atoms with Gasteiger partial charge in [-0.2, -0.15) is 13.2 Å². The molecule has 1 atom stereocenters. The molecule has 0 radical (unpaired) electrons. The van der Waals surface area contributed by atoms with E-state index in [1.54, 1.807) is 6.92 Å². The highest BCUT2D eigenvalue weighted by atomic mass is 19.4. The van der Waals surface area contributed by atoms with Crippen LogP contribution in [-0.2, 0) is 9.53 Å². The van der Waals surface area contributed by atoms with Crippen LogP contribution in [0, 0.1) is 0 Å². The number of nitrogens with one attached hydrogen (secondary N) is 1. The van der Waals surface area contributed by atoms with E-state index in [2.05, 4.69) is 10.1 Å². The second-order valence-electron chi connectivity index (χ2n) is 4.04. The molecule has 0 aliphatic rings. The molecule has 17 heavy (non-hydrogen) atoms. The van der Waals surface area contributed by atoms with E-state index in [1.807, 2.05) is 6.92 Å². The SMILES string of the molecule is CCCNC(C)(CCOCC(F)(F)F)C(N)=O. The molecule has 0 rings (SSSR count). The van der Waals surface area contributed by atoms with E-state index in [-0.39, 0.29) is 13.0 Å². The summed E-state index contributed by atoms with van der Waals surface area (Å²) in [6.07, 6.45) is -3.44. The molecule has 0 heterocycles. The second-order valence-corrected chi connectivity index (χ2v) is 4.04. The van der Waals surface area contributed by atoms with Crippen LogP contribution in [0.25, 0.3) is 0 Å². The minimum absolute atomic E-state index is 0.110. The van der Waals surface area contributed by atoms with Gasteiger partial charge in [0.15, 0.2) is 0 Å². The Morgan fingerprint density at radius 2 is 2.00 bits per heavy atom. The number of carbonyl (C=O) groups is 1. The van der Waals surface area contributed by atoms with Crippen molar-refractivity contribution >= 4 is 5.91 Å². The van der Waals surface area contributed by atoms with Gasteiger partial charge in [-0.3, -0.25) is 4.79 Å². The molecule has 1 unspecified atom stereocenters. The van der Waals surface area contributed by atoms with Crippen molar-refractivity contribution in [2.24, 2.45) is 5.73 Å². The molecule has 7 heteroatoms.